The van der Waals surface area contributed by atoms with Gasteiger partial charge in [0.2, 0.25) is 17.7 Å². The molecule has 5 atom stereocenters. The van der Waals surface area contributed by atoms with Gasteiger partial charge < -0.3 is 43.4 Å². The number of carboxylic acids is 2. The van der Waals surface area contributed by atoms with Crippen molar-refractivity contribution >= 4 is 35.6 Å². The molecule has 0 aromatic carbocycles. The maximum atomic E-state index is 12.7. The number of carboxylic acid groups (broad SMARTS) is 2. The minimum atomic E-state index is -1.32. The first kappa shape index (κ1) is 30.6. The number of rotatable bonds is 16. The van der Waals surface area contributed by atoms with Crippen molar-refractivity contribution in [3.8, 4) is 0 Å². The zero-order valence-corrected chi connectivity index (χ0v) is 19.7. The number of carbonyl (C=O) groups excluding carboxylic acids is 3. The SMILES string of the molecule is CCC(C)C(NC(=O)C(CCC(=O)O)NC(=O)C(C)NC(=O)C(N)CCCN=C(N)N)C(=O)O. The molecular formula is C20H37N7O7. The fraction of sp³-hybridized carbons (Fsp3) is 0.700. The summed E-state index contributed by atoms with van der Waals surface area (Å²) in [6, 6.07) is -4.55. The van der Waals surface area contributed by atoms with Gasteiger partial charge in [0.1, 0.15) is 18.1 Å². The normalized spacial score (nSPS) is 15.1. The average Bonchev–Trinajstić information content (AvgIpc) is 2.75. The highest BCUT2D eigenvalue weighted by molar-refractivity contribution is 5.94. The van der Waals surface area contributed by atoms with Crippen LogP contribution in [0.3, 0.4) is 0 Å². The van der Waals surface area contributed by atoms with Crippen LogP contribution in [0.1, 0.15) is 52.9 Å². The number of aliphatic imine (C=N–C) groups is 1. The van der Waals surface area contributed by atoms with Gasteiger partial charge in [0.05, 0.1) is 6.04 Å². The highest BCUT2D eigenvalue weighted by Gasteiger charge is 2.31. The molecule has 0 bridgehead atoms. The van der Waals surface area contributed by atoms with Crippen molar-refractivity contribution in [3.05, 3.63) is 0 Å². The summed E-state index contributed by atoms with van der Waals surface area (Å²) in [6.07, 6.45) is 0.447. The van der Waals surface area contributed by atoms with Crippen molar-refractivity contribution in [1.82, 2.24) is 16.0 Å². The Hall–Kier alpha value is -3.42. The first-order valence-electron chi connectivity index (χ1n) is 11.0. The third-order valence-corrected chi connectivity index (χ3v) is 5.11. The second-order valence-corrected chi connectivity index (χ2v) is 7.99. The predicted octanol–water partition coefficient (Wildman–Crippen LogP) is -2.16. The molecule has 0 aliphatic heterocycles. The fourth-order valence-electron chi connectivity index (χ4n) is 2.81. The summed E-state index contributed by atoms with van der Waals surface area (Å²) in [5, 5.41) is 25.5. The van der Waals surface area contributed by atoms with E-state index in [0.717, 1.165) is 0 Å². The Kier molecular flexibility index (Phi) is 13.9. The van der Waals surface area contributed by atoms with Crippen LogP contribution >= 0.6 is 0 Å². The second-order valence-electron chi connectivity index (χ2n) is 7.99. The van der Waals surface area contributed by atoms with Gasteiger partial charge in [-0.3, -0.25) is 24.2 Å². The largest absolute Gasteiger partial charge is 0.481 e. The molecule has 34 heavy (non-hydrogen) atoms. The van der Waals surface area contributed by atoms with Crippen LogP contribution in [0.25, 0.3) is 0 Å². The van der Waals surface area contributed by atoms with E-state index < -0.39 is 66.2 Å². The number of amides is 3. The Morgan fingerprint density at radius 3 is 2.03 bits per heavy atom. The summed E-state index contributed by atoms with van der Waals surface area (Å²) < 4.78 is 0. The number of nitrogens with zero attached hydrogens (tertiary/aromatic N) is 1. The Bertz CT molecular complexity index is 756. The summed E-state index contributed by atoms with van der Waals surface area (Å²) >= 11 is 0. The van der Waals surface area contributed by atoms with Crippen LogP contribution in [0, 0.1) is 5.92 Å². The molecule has 14 nitrogen and oxygen atoms in total. The van der Waals surface area contributed by atoms with Crippen molar-refractivity contribution in [1.29, 1.82) is 0 Å². The van der Waals surface area contributed by atoms with E-state index in [0.29, 0.717) is 12.8 Å². The molecule has 0 saturated carbocycles. The Morgan fingerprint density at radius 1 is 0.912 bits per heavy atom. The van der Waals surface area contributed by atoms with E-state index in [2.05, 4.69) is 20.9 Å². The Morgan fingerprint density at radius 2 is 1.53 bits per heavy atom. The van der Waals surface area contributed by atoms with E-state index in [4.69, 9.17) is 22.3 Å². The van der Waals surface area contributed by atoms with Gasteiger partial charge in [-0.1, -0.05) is 20.3 Å². The maximum Gasteiger partial charge on any atom is 0.326 e. The zero-order valence-electron chi connectivity index (χ0n) is 19.7. The molecule has 0 heterocycles. The molecule has 0 aliphatic carbocycles. The Balaban J connectivity index is 5.10. The molecule has 0 spiro atoms. The minimum absolute atomic E-state index is 0.0800. The number of nitrogens with one attached hydrogen (secondary N) is 3. The zero-order chi connectivity index (χ0) is 26.4. The van der Waals surface area contributed by atoms with E-state index in [1.165, 1.54) is 6.92 Å². The molecule has 0 saturated heterocycles. The lowest BCUT2D eigenvalue weighted by Crippen LogP contribution is -2.57. The molecule has 14 heteroatoms. The van der Waals surface area contributed by atoms with Crippen LogP contribution in [-0.2, 0) is 24.0 Å². The van der Waals surface area contributed by atoms with Gasteiger partial charge in [0, 0.05) is 13.0 Å². The van der Waals surface area contributed by atoms with Crippen LogP contribution in [0.4, 0.5) is 0 Å². The van der Waals surface area contributed by atoms with Crippen molar-refractivity contribution in [2.24, 2.45) is 28.1 Å². The average molecular weight is 488 g/mol. The standard InChI is InChI=1S/C20H37N7O7/c1-4-10(2)15(19(33)34)27-18(32)13(7-8-14(28)29)26-16(30)11(3)25-17(31)12(21)6-5-9-24-20(22)23/h10-13,15H,4-9,21H2,1-3H3,(H,25,31)(H,26,30)(H,27,32)(H,28,29)(H,33,34)(H4,22,23,24). The third kappa shape index (κ3) is 12.0. The van der Waals surface area contributed by atoms with Crippen LogP contribution in [0.5, 0.6) is 0 Å². The molecule has 3 amide bonds. The second kappa shape index (κ2) is 15.4. The molecule has 0 aromatic heterocycles. The summed E-state index contributed by atoms with van der Waals surface area (Å²) in [4.78, 5) is 63.7. The lowest BCUT2D eigenvalue weighted by atomic mass is 9.98. The summed E-state index contributed by atoms with van der Waals surface area (Å²) in [5.41, 5.74) is 16.2. The van der Waals surface area contributed by atoms with Crippen LogP contribution in [-0.4, -0.2) is 76.5 Å². The van der Waals surface area contributed by atoms with Crippen molar-refractivity contribution in [3.63, 3.8) is 0 Å². The van der Waals surface area contributed by atoms with Crippen LogP contribution < -0.4 is 33.2 Å². The van der Waals surface area contributed by atoms with Crippen molar-refractivity contribution in [2.75, 3.05) is 6.54 Å². The molecule has 0 radical (unpaired) electrons. The lowest BCUT2D eigenvalue weighted by Gasteiger charge is -2.25. The van der Waals surface area contributed by atoms with E-state index in [1.54, 1.807) is 13.8 Å². The third-order valence-electron chi connectivity index (χ3n) is 5.11. The monoisotopic (exact) mass is 487 g/mol. The number of carbonyl (C=O) groups is 5. The van der Waals surface area contributed by atoms with Crippen molar-refractivity contribution in [2.45, 2.75) is 77.0 Å². The first-order chi connectivity index (χ1) is 15.8. The molecule has 0 aromatic rings. The highest BCUT2D eigenvalue weighted by Crippen LogP contribution is 2.09. The van der Waals surface area contributed by atoms with Gasteiger partial charge in [-0.2, -0.15) is 0 Å². The van der Waals surface area contributed by atoms with Gasteiger partial charge in [0.15, 0.2) is 5.96 Å². The van der Waals surface area contributed by atoms with Gasteiger partial charge in [-0.25, -0.2) is 4.79 Å². The van der Waals surface area contributed by atoms with E-state index >= 15 is 0 Å². The van der Waals surface area contributed by atoms with E-state index in [-0.39, 0.29) is 25.3 Å². The smallest absolute Gasteiger partial charge is 0.326 e. The lowest BCUT2D eigenvalue weighted by molar-refractivity contribution is -0.144. The topological polar surface area (TPSA) is 252 Å². The molecule has 11 N–H and O–H groups in total. The van der Waals surface area contributed by atoms with E-state index in [1.807, 2.05) is 0 Å². The number of hydrogen-bond donors (Lipinski definition) is 8. The highest BCUT2D eigenvalue weighted by atomic mass is 16.4. The number of nitrogens with two attached hydrogens (primary N) is 3. The van der Waals surface area contributed by atoms with Crippen LogP contribution in [0.15, 0.2) is 4.99 Å². The fourth-order valence-corrected chi connectivity index (χ4v) is 2.81. The number of aliphatic carboxylic acids is 2. The first-order valence-corrected chi connectivity index (χ1v) is 11.0. The molecular weight excluding hydrogens is 450 g/mol. The number of hydrogen-bond acceptors (Lipinski definition) is 7. The molecule has 0 aliphatic rings. The summed E-state index contributed by atoms with van der Waals surface area (Å²) in [5.74, 6) is -5.13. The molecule has 194 valence electrons. The Labute approximate surface area is 198 Å². The maximum absolute atomic E-state index is 12.7. The predicted molar refractivity (Wildman–Crippen MR) is 123 cm³/mol. The molecule has 5 unspecified atom stereocenters. The van der Waals surface area contributed by atoms with Gasteiger partial charge in [0.25, 0.3) is 0 Å². The van der Waals surface area contributed by atoms with Gasteiger partial charge >= 0.3 is 11.9 Å². The number of guanidine groups is 1. The van der Waals surface area contributed by atoms with Gasteiger partial charge in [-0.05, 0) is 32.1 Å². The molecule has 0 fully saturated rings. The summed E-state index contributed by atoms with van der Waals surface area (Å²) in [7, 11) is 0. The minimum Gasteiger partial charge on any atom is -0.481 e. The molecule has 0 rings (SSSR count). The van der Waals surface area contributed by atoms with Crippen molar-refractivity contribution < 1.29 is 34.2 Å². The quantitative estimate of drug-likeness (QED) is 0.0664. The summed E-state index contributed by atoms with van der Waals surface area (Å²) in [6.45, 7) is 5.05. The van der Waals surface area contributed by atoms with Crippen LogP contribution in [0.2, 0.25) is 0 Å². The van der Waals surface area contributed by atoms with E-state index in [9.17, 15) is 29.1 Å². The van der Waals surface area contributed by atoms with Gasteiger partial charge in [-0.15, -0.1) is 0 Å².